The zero-order valence-electron chi connectivity index (χ0n) is 10.9. The van der Waals surface area contributed by atoms with Gasteiger partial charge in [0.05, 0.1) is 26.4 Å². The molecule has 0 unspecified atom stereocenters. The van der Waals surface area contributed by atoms with E-state index in [9.17, 15) is 4.79 Å². The van der Waals surface area contributed by atoms with Gasteiger partial charge in [-0.3, -0.25) is 0 Å². The molecule has 0 spiro atoms. The molecule has 18 heavy (non-hydrogen) atoms. The minimum Gasteiger partial charge on any atom is -0.496 e. The Labute approximate surface area is 107 Å². The Balaban J connectivity index is 2.88. The maximum Gasteiger partial charge on any atom is 0.330 e. The standard InChI is InChI=1S/C14H18O4/c1-4-10-18-14(15)9-8-11-12(16-2)6-5-7-13(11)17-3/h5-9H,4,10H2,1-3H3. The number of rotatable bonds is 6. The summed E-state index contributed by atoms with van der Waals surface area (Å²) in [5.74, 6) is 0.924. The summed E-state index contributed by atoms with van der Waals surface area (Å²) < 4.78 is 15.4. The predicted octanol–water partition coefficient (Wildman–Crippen LogP) is 2.67. The molecule has 0 aliphatic heterocycles. The van der Waals surface area contributed by atoms with Crippen LogP contribution in [0.2, 0.25) is 0 Å². The van der Waals surface area contributed by atoms with Crippen molar-refractivity contribution in [3.63, 3.8) is 0 Å². The molecule has 1 aromatic rings. The number of carbonyl (C=O) groups excluding carboxylic acids is 1. The molecule has 0 aliphatic carbocycles. The molecule has 0 saturated carbocycles. The highest BCUT2D eigenvalue weighted by atomic mass is 16.5. The van der Waals surface area contributed by atoms with Crippen LogP contribution in [0.5, 0.6) is 11.5 Å². The average molecular weight is 250 g/mol. The quantitative estimate of drug-likeness (QED) is 0.575. The van der Waals surface area contributed by atoms with E-state index in [1.54, 1.807) is 32.4 Å². The minimum atomic E-state index is -0.371. The van der Waals surface area contributed by atoms with E-state index in [1.807, 2.05) is 13.0 Å². The van der Waals surface area contributed by atoms with Gasteiger partial charge in [-0.2, -0.15) is 0 Å². The molecule has 0 amide bonds. The number of carbonyl (C=O) groups is 1. The first kappa shape index (κ1) is 14.1. The van der Waals surface area contributed by atoms with E-state index in [4.69, 9.17) is 14.2 Å². The highest BCUT2D eigenvalue weighted by molar-refractivity contribution is 5.88. The highest BCUT2D eigenvalue weighted by Crippen LogP contribution is 2.29. The van der Waals surface area contributed by atoms with Crippen molar-refractivity contribution in [2.24, 2.45) is 0 Å². The summed E-state index contributed by atoms with van der Waals surface area (Å²) in [6.07, 6.45) is 3.81. The molecular formula is C14H18O4. The molecule has 0 heterocycles. The van der Waals surface area contributed by atoms with Crippen LogP contribution >= 0.6 is 0 Å². The lowest BCUT2D eigenvalue weighted by atomic mass is 10.1. The molecule has 4 heteroatoms. The van der Waals surface area contributed by atoms with Crippen LogP contribution in [0.4, 0.5) is 0 Å². The fourth-order valence-electron chi connectivity index (χ4n) is 1.45. The Morgan fingerprint density at radius 3 is 2.33 bits per heavy atom. The van der Waals surface area contributed by atoms with Gasteiger partial charge in [-0.15, -0.1) is 0 Å². The fourth-order valence-corrected chi connectivity index (χ4v) is 1.45. The minimum absolute atomic E-state index is 0.371. The van der Waals surface area contributed by atoms with Crippen LogP contribution in [-0.4, -0.2) is 26.8 Å². The maximum absolute atomic E-state index is 11.4. The normalized spacial score (nSPS) is 10.4. The topological polar surface area (TPSA) is 44.8 Å². The van der Waals surface area contributed by atoms with Crippen LogP contribution in [0.1, 0.15) is 18.9 Å². The van der Waals surface area contributed by atoms with Crippen LogP contribution in [0.25, 0.3) is 6.08 Å². The molecule has 0 fully saturated rings. The van der Waals surface area contributed by atoms with E-state index in [2.05, 4.69) is 0 Å². The molecule has 1 aromatic carbocycles. The van der Waals surface area contributed by atoms with Crippen molar-refractivity contribution < 1.29 is 19.0 Å². The number of hydrogen-bond acceptors (Lipinski definition) is 4. The van der Waals surface area contributed by atoms with Crippen LogP contribution in [0.3, 0.4) is 0 Å². The molecule has 0 saturated heterocycles. The first-order valence-corrected chi connectivity index (χ1v) is 5.78. The Bertz CT molecular complexity index is 402. The lowest BCUT2D eigenvalue weighted by Crippen LogP contribution is -2.01. The summed E-state index contributed by atoms with van der Waals surface area (Å²) >= 11 is 0. The number of esters is 1. The third-order valence-corrected chi connectivity index (χ3v) is 2.30. The molecular weight excluding hydrogens is 232 g/mol. The van der Waals surface area contributed by atoms with Crippen molar-refractivity contribution in [3.05, 3.63) is 29.8 Å². The van der Waals surface area contributed by atoms with Crippen molar-refractivity contribution in [3.8, 4) is 11.5 Å². The van der Waals surface area contributed by atoms with Crippen molar-refractivity contribution in [1.82, 2.24) is 0 Å². The largest absolute Gasteiger partial charge is 0.496 e. The predicted molar refractivity (Wildman–Crippen MR) is 69.8 cm³/mol. The third kappa shape index (κ3) is 3.80. The van der Waals surface area contributed by atoms with Crippen LogP contribution < -0.4 is 9.47 Å². The molecule has 98 valence electrons. The molecule has 0 N–H and O–H groups in total. The monoisotopic (exact) mass is 250 g/mol. The van der Waals surface area contributed by atoms with Crippen molar-refractivity contribution in [2.45, 2.75) is 13.3 Å². The Morgan fingerprint density at radius 1 is 1.22 bits per heavy atom. The van der Waals surface area contributed by atoms with Crippen LogP contribution in [-0.2, 0) is 9.53 Å². The summed E-state index contributed by atoms with van der Waals surface area (Å²) in [5, 5.41) is 0. The van der Waals surface area contributed by atoms with Gasteiger partial charge in [-0.05, 0) is 24.6 Å². The van der Waals surface area contributed by atoms with Crippen molar-refractivity contribution in [2.75, 3.05) is 20.8 Å². The summed E-state index contributed by atoms with van der Waals surface area (Å²) in [6.45, 7) is 2.37. The first-order valence-electron chi connectivity index (χ1n) is 5.78. The lowest BCUT2D eigenvalue weighted by Gasteiger charge is -2.09. The highest BCUT2D eigenvalue weighted by Gasteiger charge is 2.07. The van der Waals surface area contributed by atoms with Gasteiger partial charge in [-0.25, -0.2) is 4.79 Å². The van der Waals surface area contributed by atoms with E-state index in [1.165, 1.54) is 6.08 Å². The Morgan fingerprint density at radius 2 is 1.83 bits per heavy atom. The second-order valence-corrected chi connectivity index (χ2v) is 3.58. The van der Waals surface area contributed by atoms with Gasteiger partial charge in [-0.1, -0.05) is 13.0 Å². The number of methoxy groups -OCH3 is 2. The van der Waals surface area contributed by atoms with E-state index in [-0.39, 0.29) is 5.97 Å². The maximum atomic E-state index is 11.4. The van der Waals surface area contributed by atoms with Gasteiger partial charge >= 0.3 is 5.97 Å². The second-order valence-electron chi connectivity index (χ2n) is 3.58. The molecule has 0 aromatic heterocycles. The number of benzene rings is 1. The van der Waals surface area contributed by atoms with Gasteiger partial charge in [0.15, 0.2) is 0 Å². The molecule has 1 rings (SSSR count). The van der Waals surface area contributed by atoms with E-state index < -0.39 is 0 Å². The molecule has 0 atom stereocenters. The van der Waals surface area contributed by atoms with E-state index in [0.29, 0.717) is 18.1 Å². The van der Waals surface area contributed by atoms with Gasteiger partial charge in [0.2, 0.25) is 0 Å². The van der Waals surface area contributed by atoms with Gasteiger partial charge in [0, 0.05) is 6.08 Å². The van der Waals surface area contributed by atoms with E-state index in [0.717, 1.165) is 12.0 Å². The Hall–Kier alpha value is -1.97. The summed E-state index contributed by atoms with van der Waals surface area (Å²) in [5.41, 5.74) is 0.718. The zero-order valence-corrected chi connectivity index (χ0v) is 10.9. The van der Waals surface area contributed by atoms with E-state index >= 15 is 0 Å². The summed E-state index contributed by atoms with van der Waals surface area (Å²) in [7, 11) is 3.14. The third-order valence-electron chi connectivity index (χ3n) is 2.30. The summed E-state index contributed by atoms with van der Waals surface area (Å²) in [4.78, 5) is 11.4. The molecule has 4 nitrogen and oxygen atoms in total. The lowest BCUT2D eigenvalue weighted by molar-refractivity contribution is -0.137. The van der Waals surface area contributed by atoms with Gasteiger partial charge < -0.3 is 14.2 Å². The number of hydrogen-bond donors (Lipinski definition) is 0. The van der Waals surface area contributed by atoms with Gasteiger partial charge in [0.25, 0.3) is 0 Å². The Kier molecular flexibility index (Phi) is 5.77. The molecule has 0 aliphatic rings. The smallest absolute Gasteiger partial charge is 0.330 e. The summed E-state index contributed by atoms with van der Waals surface area (Å²) in [6, 6.07) is 5.43. The van der Waals surface area contributed by atoms with Gasteiger partial charge in [0.1, 0.15) is 11.5 Å². The number of ether oxygens (including phenoxy) is 3. The SMILES string of the molecule is CCCOC(=O)C=Cc1c(OC)cccc1OC. The molecule has 0 bridgehead atoms. The van der Waals surface area contributed by atoms with Crippen molar-refractivity contribution >= 4 is 12.0 Å². The molecule has 0 radical (unpaired) electrons. The average Bonchev–Trinajstić information content (AvgIpc) is 2.42. The second kappa shape index (κ2) is 7.37. The van der Waals surface area contributed by atoms with Crippen LogP contribution in [0, 0.1) is 0 Å². The fraction of sp³-hybridized carbons (Fsp3) is 0.357. The first-order chi connectivity index (χ1) is 8.72. The zero-order chi connectivity index (χ0) is 13.4. The van der Waals surface area contributed by atoms with Crippen molar-refractivity contribution in [1.29, 1.82) is 0 Å². The van der Waals surface area contributed by atoms with Crippen LogP contribution in [0.15, 0.2) is 24.3 Å².